The Hall–Kier alpha value is 0.685. The van der Waals surface area contributed by atoms with Crippen LogP contribution in [0.4, 0.5) is 0 Å². The molecule has 0 aromatic heterocycles. The summed E-state index contributed by atoms with van der Waals surface area (Å²) in [6.07, 6.45) is 0. The van der Waals surface area contributed by atoms with Gasteiger partial charge >= 0.3 is 0 Å². The average Bonchev–Trinajstić information content (AvgIpc) is 1.89. The quantitative estimate of drug-likeness (QED) is 0.270. The zero-order chi connectivity index (χ0) is 7.11. The minimum Gasteiger partial charge on any atom is -0.392 e. The molecule has 1 N–H and O–H groups in total. The second-order valence-corrected chi connectivity index (χ2v) is 2.65. The van der Waals surface area contributed by atoms with Gasteiger partial charge in [-0.15, -0.1) is 11.8 Å². The third-order valence-electron chi connectivity index (χ3n) is 0.699. The molecule has 0 saturated carbocycles. The van der Waals surface area contributed by atoms with Crippen molar-refractivity contribution in [2.45, 2.75) is 12.2 Å². The van der Waals surface area contributed by atoms with E-state index in [1.165, 1.54) is 11.8 Å². The molecule has 53 valence electrons. The molecule has 0 spiro atoms. The number of aliphatic hydroxyl groups is 1. The number of rotatable bonds is 5. The molecule has 5 heteroatoms. The second kappa shape index (κ2) is 6.80. The molecule has 2 nitrogen and oxygen atoms in total. The summed E-state index contributed by atoms with van der Waals surface area (Å²) in [7, 11) is 1.70. The second-order valence-electron chi connectivity index (χ2n) is 1.34. The lowest BCUT2D eigenvalue weighted by Crippen LogP contribution is -2.08. The maximum absolute atomic E-state index is 8.89. The Morgan fingerprint density at radius 3 is 3.00 bits per heavy atom. The van der Waals surface area contributed by atoms with Gasteiger partial charge in [-0.3, -0.25) is 0 Å². The van der Waals surface area contributed by atoms with Crippen LogP contribution in [0.2, 0.25) is 6.82 Å². The molecular weight excluding hydrogens is 155 g/mol. The molecule has 0 aromatic rings. The monoisotopic (exact) mass is 165 g/mol. The van der Waals surface area contributed by atoms with E-state index >= 15 is 0 Å². The fourth-order valence-corrected chi connectivity index (χ4v) is 0.978. The van der Waals surface area contributed by atoms with Gasteiger partial charge in [-0.05, 0) is 0 Å². The maximum atomic E-state index is 8.89. The van der Waals surface area contributed by atoms with Gasteiger partial charge in [-0.1, -0.05) is 6.82 Å². The van der Waals surface area contributed by atoms with Crippen LogP contribution < -0.4 is 0 Å². The number of ether oxygens (including phenoxy) is 1. The summed E-state index contributed by atoms with van der Waals surface area (Å²) in [6.45, 7) is 1.80. The van der Waals surface area contributed by atoms with Crippen LogP contribution in [-0.4, -0.2) is 29.6 Å². The third kappa shape index (κ3) is 6.57. The molecule has 1 unspecified atom stereocenters. The summed E-state index contributed by atoms with van der Waals surface area (Å²) in [5.41, 5.74) is 0. The summed E-state index contributed by atoms with van der Waals surface area (Å²) >= 11 is 5.15. The highest BCUT2D eigenvalue weighted by atomic mass is 32.2. The molecule has 0 aliphatic rings. The summed E-state index contributed by atoms with van der Waals surface area (Å²) in [6, 6.07) is 0. The van der Waals surface area contributed by atoms with Crippen molar-refractivity contribution in [3.8, 4) is 0 Å². The van der Waals surface area contributed by atoms with Crippen LogP contribution in [0.3, 0.4) is 0 Å². The van der Waals surface area contributed by atoms with E-state index < -0.39 is 5.34 Å². The number of hydrogen-bond acceptors (Lipinski definition) is 4. The van der Waals surface area contributed by atoms with Gasteiger partial charge in [0.2, 0.25) is 0 Å². The first-order valence-corrected chi connectivity index (χ1v) is 4.27. The van der Waals surface area contributed by atoms with E-state index in [2.05, 4.69) is 12.6 Å². The Bertz CT molecular complexity index is 64.5. The van der Waals surface area contributed by atoms with Crippen molar-refractivity contribution in [1.82, 2.24) is 0 Å². The molecule has 0 heterocycles. The van der Waals surface area contributed by atoms with E-state index in [1.54, 1.807) is 14.1 Å². The first-order chi connectivity index (χ1) is 4.31. The largest absolute Gasteiger partial charge is 0.392 e. The standard InChI is InChI=1S/C4H10BO2S2/c1-5-4(6)9-3-7-2-8/h4,6,8H,2-3H2,1H3. The van der Waals surface area contributed by atoms with Crippen molar-refractivity contribution >= 4 is 31.7 Å². The Balaban J connectivity index is 2.88. The van der Waals surface area contributed by atoms with Crippen LogP contribution in [0.5, 0.6) is 0 Å². The first-order valence-electron chi connectivity index (χ1n) is 2.59. The van der Waals surface area contributed by atoms with Gasteiger partial charge in [0.05, 0.1) is 17.2 Å². The van der Waals surface area contributed by atoms with Gasteiger partial charge in [-0.2, -0.15) is 12.6 Å². The van der Waals surface area contributed by atoms with Gasteiger partial charge in [-0.25, -0.2) is 0 Å². The summed E-state index contributed by atoms with van der Waals surface area (Å²) in [5, 5.41) is 8.47. The fourth-order valence-electron chi connectivity index (χ4n) is 0.251. The topological polar surface area (TPSA) is 29.5 Å². The minimum absolute atomic E-state index is 0.406. The third-order valence-corrected chi connectivity index (χ3v) is 1.80. The van der Waals surface area contributed by atoms with E-state index in [-0.39, 0.29) is 0 Å². The Morgan fingerprint density at radius 1 is 1.89 bits per heavy atom. The van der Waals surface area contributed by atoms with Crippen molar-refractivity contribution in [2.75, 3.05) is 11.9 Å². The molecule has 0 aromatic carbocycles. The lowest BCUT2D eigenvalue weighted by Gasteiger charge is -2.04. The van der Waals surface area contributed by atoms with E-state index in [9.17, 15) is 0 Å². The van der Waals surface area contributed by atoms with Gasteiger partial charge in [0, 0.05) is 0 Å². The van der Waals surface area contributed by atoms with E-state index in [1.807, 2.05) is 0 Å². The molecule has 9 heavy (non-hydrogen) atoms. The zero-order valence-corrected chi connectivity index (χ0v) is 6.99. The Kier molecular flexibility index (Phi) is 7.32. The maximum Gasteiger partial charge on any atom is 0.160 e. The van der Waals surface area contributed by atoms with E-state index in [0.29, 0.717) is 11.9 Å². The lowest BCUT2D eigenvalue weighted by molar-refractivity contribution is 0.238. The Morgan fingerprint density at radius 2 is 2.56 bits per heavy atom. The Labute approximate surface area is 66.0 Å². The van der Waals surface area contributed by atoms with E-state index in [0.717, 1.165) is 0 Å². The molecule has 0 aliphatic heterocycles. The molecule has 0 amide bonds. The highest BCUT2D eigenvalue weighted by molar-refractivity contribution is 8.00. The van der Waals surface area contributed by atoms with Crippen LogP contribution >= 0.6 is 24.4 Å². The predicted octanol–water partition coefficient (Wildman–Crippen LogP) is 0.609. The van der Waals surface area contributed by atoms with Crippen LogP contribution in [0, 0.1) is 0 Å². The molecule has 0 aliphatic carbocycles. The lowest BCUT2D eigenvalue weighted by atomic mass is 9.84. The molecule has 0 saturated heterocycles. The summed E-state index contributed by atoms with van der Waals surface area (Å²) < 4.78 is 4.85. The van der Waals surface area contributed by atoms with Gasteiger partial charge in [0.15, 0.2) is 7.28 Å². The van der Waals surface area contributed by atoms with Gasteiger partial charge < -0.3 is 9.84 Å². The van der Waals surface area contributed by atoms with Crippen molar-refractivity contribution in [3.63, 3.8) is 0 Å². The number of hydrogen-bond donors (Lipinski definition) is 2. The zero-order valence-electron chi connectivity index (χ0n) is 5.28. The summed E-state index contributed by atoms with van der Waals surface area (Å²) in [5.74, 6) is 0.901. The highest BCUT2D eigenvalue weighted by Crippen LogP contribution is 2.06. The highest BCUT2D eigenvalue weighted by Gasteiger charge is 1.99. The van der Waals surface area contributed by atoms with Crippen LogP contribution in [0.25, 0.3) is 0 Å². The average molecular weight is 165 g/mol. The number of aliphatic hydroxyl groups excluding tert-OH is 1. The molecule has 0 fully saturated rings. The van der Waals surface area contributed by atoms with Gasteiger partial charge in [0.25, 0.3) is 0 Å². The smallest absolute Gasteiger partial charge is 0.160 e. The van der Waals surface area contributed by atoms with Crippen molar-refractivity contribution < 1.29 is 9.84 Å². The van der Waals surface area contributed by atoms with Gasteiger partial charge in [0.1, 0.15) is 0 Å². The normalized spacial score (nSPS) is 13.2. The molecule has 1 radical (unpaired) electrons. The van der Waals surface area contributed by atoms with Crippen LogP contribution in [0.1, 0.15) is 0 Å². The molecule has 0 bridgehead atoms. The number of thiol groups is 1. The van der Waals surface area contributed by atoms with Crippen molar-refractivity contribution in [3.05, 3.63) is 0 Å². The minimum atomic E-state index is -0.412. The number of thioether (sulfide) groups is 1. The molecule has 0 rings (SSSR count). The van der Waals surface area contributed by atoms with Crippen LogP contribution in [0.15, 0.2) is 0 Å². The predicted molar refractivity (Wildman–Crippen MR) is 45.0 cm³/mol. The van der Waals surface area contributed by atoms with E-state index in [4.69, 9.17) is 9.84 Å². The molecular formula is C4H10BO2S2. The fraction of sp³-hybridized carbons (Fsp3) is 1.00. The van der Waals surface area contributed by atoms with Crippen molar-refractivity contribution in [2.24, 2.45) is 0 Å². The first kappa shape index (κ1) is 9.68. The molecule has 1 atom stereocenters. The van der Waals surface area contributed by atoms with Crippen molar-refractivity contribution in [1.29, 1.82) is 0 Å². The SMILES string of the molecule is C[B]C(O)SCOCS. The summed E-state index contributed by atoms with van der Waals surface area (Å²) in [4.78, 5) is 0. The van der Waals surface area contributed by atoms with Crippen LogP contribution in [-0.2, 0) is 4.74 Å².